The molecular formula is C30H36N2O2. The summed E-state index contributed by atoms with van der Waals surface area (Å²) >= 11 is 0. The second-order valence-corrected chi connectivity index (χ2v) is 11.2. The Bertz CT molecular complexity index is 1210. The van der Waals surface area contributed by atoms with Gasteiger partial charge in [-0.3, -0.25) is 15.6 Å². The zero-order chi connectivity index (χ0) is 24.5. The van der Waals surface area contributed by atoms with Crippen molar-refractivity contribution in [3.05, 3.63) is 83.4 Å². The number of hydrogen-bond acceptors (Lipinski definition) is 3. The minimum absolute atomic E-state index is 0.0705. The summed E-state index contributed by atoms with van der Waals surface area (Å²) in [6, 6.07) is 18.7. The predicted octanol–water partition coefficient (Wildman–Crippen LogP) is 6.32. The molecular weight excluding hydrogens is 420 g/mol. The van der Waals surface area contributed by atoms with Gasteiger partial charge < -0.3 is 4.74 Å². The van der Waals surface area contributed by atoms with Gasteiger partial charge in [0.25, 0.3) is 5.91 Å². The molecule has 0 spiro atoms. The molecule has 1 aliphatic rings. The van der Waals surface area contributed by atoms with Crippen LogP contribution in [-0.4, -0.2) is 12.5 Å². The van der Waals surface area contributed by atoms with Crippen LogP contribution in [0.15, 0.2) is 61.2 Å². The highest BCUT2D eigenvalue weighted by Gasteiger charge is 2.27. The zero-order valence-corrected chi connectivity index (χ0v) is 21.0. The Labute approximate surface area is 203 Å². The van der Waals surface area contributed by atoms with Crippen LogP contribution in [-0.2, 0) is 23.1 Å². The number of carbonyl (C=O) groups is 1. The molecule has 1 aliphatic carbocycles. The molecule has 34 heavy (non-hydrogen) atoms. The number of amides is 1. The quantitative estimate of drug-likeness (QED) is 0.390. The van der Waals surface area contributed by atoms with E-state index >= 15 is 0 Å². The Kier molecular flexibility index (Phi) is 6.44. The fraction of sp³-hybridized carbons (Fsp3) is 0.367. The Morgan fingerprint density at radius 3 is 2.26 bits per heavy atom. The number of ether oxygens (including phenoxy) is 1. The summed E-state index contributed by atoms with van der Waals surface area (Å²) in [4.78, 5) is 12.4. The van der Waals surface area contributed by atoms with Crippen molar-refractivity contribution in [1.82, 2.24) is 10.9 Å². The number of hydrazine groups is 1. The molecule has 0 radical (unpaired) electrons. The van der Waals surface area contributed by atoms with E-state index in [2.05, 4.69) is 94.5 Å². The average Bonchev–Trinajstić information content (AvgIpc) is 3.20. The maximum atomic E-state index is 12.4. The second kappa shape index (κ2) is 9.17. The fourth-order valence-electron chi connectivity index (χ4n) is 5.34. The molecule has 0 atom stereocenters. The third-order valence-corrected chi connectivity index (χ3v) is 6.53. The van der Waals surface area contributed by atoms with E-state index in [4.69, 9.17) is 4.74 Å². The average molecular weight is 457 g/mol. The molecule has 0 aliphatic heterocycles. The van der Waals surface area contributed by atoms with Gasteiger partial charge in [-0.1, -0.05) is 83.7 Å². The number of aryl methyl sites for hydroxylation is 2. The standard InChI is InChI=1S/C30H36N2O2/c1-20(25-17-12-22-11-10-21-8-7-9-26(25)28(21)22)31-32-27(33)18-34-24-15-13-23(14-16-24)30(5,6)19-29(2,3)4/h7-9,12-17,31H,1,10-11,18-19H2,2-6H3,(H,32,33). The van der Waals surface area contributed by atoms with Gasteiger partial charge in [-0.05, 0) is 69.7 Å². The van der Waals surface area contributed by atoms with Crippen molar-refractivity contribution in [2.24, 2.45) is 5.41 Å². The smallest absolute Gasteiger partial charge is 0.276 e. The van der Waals surface area contributed by atoms with E-state index in [9.17, 15) is 4.79 Å². The molecule has 0 aromatic heterocycles. The van der Waals surface area contributed by atoms with Gasteiger partial charge in [-0.2, -0.15) is 0 Å². The molecule has 2 N–H and O–H groups in total. The number of nitrogens with one attached hydrogen (secondary N) is 2. The van der Waals surface area contributed by atoms with E-state index < -0.39 is 0 Å². The van der Waals surface area contributed by atoms with Gasteiger partial charge in [-0.25, -0.2) is 0 Å². The van der Waals surface area contributed by atoms with Gasteiger partial charge in [-0.15, -0.1) is 0 Å². The van der Waals surface area contributed by atoms with Crippen LogP contribution in [0.4, 0.5) is 0 Å². The van der Waals surface area contributed by atoms with Crippen LogP contribution >= 0.6 is 0 Å². The zero-order valence-electron chi connectivity index (χ0n) is 21.0. The van der Waals surface area contributed by atoms with Crippen LogP contribution in [0.1, 0.15) is 63.3 Å². The molecule has 0 saturated carbocycles. The predicted molar refractivity (Wildman–Crippen MR) is 141 cm³/mol. The molecule has 0 bridgehead atoms. The topological polar surface area (TPSA) is 50.4 Å². The molecule has 0 fully saturated rings. The Morgan fingerprint density at radius 1 is 0.912 bits per heavy atom. The maximum Gasteiger partial charge on any atom is 0.276 e. The van der Waals surface area contributed by atoms with Crippen LogP contribution < -0.4 is 15.6 Å². The Balaban J connectivity index is 1.31. The second-order valence-electron chi connectivity index (χ2n) is 11.2. The first-order valence-electron chi connectivity index (χ1n) is 12.0. The lowest BCUT2D eigenvalue weighted by Crippen LogP contribution is -2.39. The molecule has 4 nitrogen and oxygen atoms in total. The Morgan fingerprint density at radius 2 is 1.59 bits per heavy atom. The lowest BCUT2D eigenvalue weighted by molar-refractivity contribution is -0.123. The normalized spacial score (nSPS) is 13.1. The molecule has 4 rings (SSSR count). The third-order valence-electron chi connectivity index (χ3n) is 6.53. The van der Waals surface area contributed by atoms with E-state index in [0.717, 1.165) is 24.8 Å². The minimum Gasteiger partial charge on any atom is -0.484 e. The van der Waals surface area contributed by atoms with Gasteiger partial charge in [0.05, 0.1) is 5.70 Å². The lowest BCUT2D eigenvalue weighted by atomic mass is 9.72. The summed E-state index contributed by atoms with van der Waals surface area (Å²) in [5, 5.41) is 2.50. The monoisotopic (exact) mass is 456 g/mol. The number of hydrogen-bond donors (Lipinski definition) is 2. The number of benzene rings is 3. The van der Waals surface area contributed by atoms with Crippen LogP contribution in [0.25, 0.3) is 16.5 Å². The van der Waals surface area contributed by atoms with E-state index in [1.807, 2.05) is 12.1 Å². The fourth-order valence-corrected chi connectivity index (χ4v) is 5.34. The number of rotatable bonds is 8. The first-order chi connectivity index (χ1) is 16.0. The highest BCUT2D eigenvalue weighted by molar-refractivity contribution is 5.98. The summed E-state index contributed by atoms with van der Waals surface area (Å²) in [6.45, 7) is 15.4. The SMILES string of the molecule is C=C(NNC(=O)COc1ccc(C(C)(C)CC(C)(C)C)cc1)c1ccc2c3c(cccc13)CC2. The van der Waals surface area contributed by atoms with Crippen molar-refractivity contribution in [3.63, 3.8) is 0 Å². The van der Waals surface area contributed by atoms with Crippen molar-refractivity contribution >= 4 is 22.4 Å². The Hall–Kier alpha value is -3.27. The highest BCUT2D eigenvalue weighted by atomic mass is 16.5. The summed E-state index contributed by atoms with van der Waals surface area (Å²) in [7, 11) is 0. The van der Waals surface area contributed by atoms with E-state index in [-0.39, 0.29) is 23.3 Å². The van der Waals surface area contributed by atoms with Gasteiger partial charge >= 0.3 is 0 Å². The van der Waals surface area contributed by atoms with Crippen LogP contribution in [0.5, 0.6) is 5.75 Å². The summed E-state index contributed by atoms with van der Waals surface area (Å²) in [5.74, 6) is 0.418. The van der Waals surface area contributed by atoms with Gasteiger partial charge in [0.1, 0.15) is 5.75 Å². The van der Waals surface area contributed by atoms with Crippen molar-refractivity contribution in [2.75, 3.05) is 6.61 Å². The number of carbonyl (C=O) groups excluding carboxylic acids is 1. The molecule has 178 valence electrons. The van der Waals surface area contributed by atoms with Crippen molar-refractivity contribution in [3.8, 4) is 5.75 Å². The largest absolute Gasteiger partial charge is 0.484 e. The highest BCUT2D eigenvalue weighted by Crippen LogP contribution is 2.37. The summed E-state index contributed by atoms with van der Waals surface area (Å²) in [6.07, 6.45) is 3.25. The van der Waals surface area contributed by atoms with Gasteiger partial charge in [0, 0.05) is 5.56 Å². The van der Waals surface area contributed by atoms with Gasteiger partial charge in [0.2, 0.25) is 0 Å². The third kappa shape index (κ3) is 5.27. The minimum atomic E-state index is -0.260. The summed E-state index contributed by atoms with van der Waals surface area (Å²) < 4.78 is 5.70. The van der Waals surface area contributed by atoms with Crippen molar-refractivity contribution in [2.45, 2.75) is 59.3 Å². The molecule has 0 heterocycles. The van der Waals surface area contributed by atoms with Crippen LogP contribution in [0.3, 0.4) is 0 Å². The first kappa shape index (κ1) is 23.9. The van der Waals surface area contributed by atoms with E-state index in [0.29, 0.717) is 11.4 Å². The molecule has 3 aromatic rings. The van der Waals surface area contributed by atoms with Crippen molar-refractivity contribution in [1.29, 1.82) is 0 Å². The maximum absolute atomic E-state index is 12.4. The first-order valence-corrected chi connectivity index (χ1v) is 12.0. The molecule has 3 aromatic carbocycles. The van der Waals surface area contributed by atoms with E-state index in [1.165, 1.54) is 27.5 Å². The van der Waals surface area contributed by atoms with Crippen LogP contribution in [0.2, 0.25) is 0 Å². The van der Waals surface area contributed by atoms with Crippen molar-refractivity contribution < 1.29 is 9.53 Å². The lowest BCUT2D eigenvalue weighted by Gasteiger charge is -2.33. The molecule has 0 saturated heterocycles. The molecule has 1 amide bonds. The van der Waals surface area contributed by atoms with E-state index in [1.54, 1.807) is 0 Å². The summed E-state index contributed by atoms with van der Waals surface area (Å²) in [5.41, 5.74) is 11.7. The molecule has 0 unspecified atom stereocenters. The van der Waals surface area contributed by atoms with Crippen LogP contribution in [0, 0.1) is 5.41 Å². The van der Waals surface area contributed by atoms with Gasteiger partial charge in [0.15, 0.2) is 6.61 Å². The molecule has 4 heteroatoms.